The zero-order chi connectivity index (χ0) is 28.6. The van der Waals surface area contributed by atoms with Crippen LogP contribution >= 0.6 is 11.6 Å². The monoisotopic (exact) mass is 569 g/mol. The van der Waals surface area contributed by atoms with Gasteiger partial charge in [0.25, 0.3) is 0 Å². The lowest BCUT2D eigenvalue weighted by atomic mass is 10.0. The van der Waals surface area contributed by atoms with Gasteiger partial charge in [0.05, 0.1) is 11.9 Å². The van der Waals surface area contributed by atoms with Gasteiger partial charge in [0.15, 0.2) is 0 Å². The molecule has 0 heterocycles. The van der Waals surface area contributed by atoms with E-state index >= 15 is 0 Å². The predicted molar refractivity (Wildman–Crippen MR) is 157 cm³/mol. The van der Waals surface area contributed by atoms with Crippen LogP contribution in [0.3, 0.4) is 0 Å². The highest BCUT2D eigenvalue weighted by atomic mass is 35.5. The number of benzene rings is 3. The van der Waals surface area contributed by atoms with Gasteiger partial charge in [-0.05, 0) is 55.2 Å². The number of aryl methyl sites for hydroxylation is 1. The van der Waals surface area contributed by atoms with Crippen LogP contribution in [-0.2, 0) is 32.6 Å². The van der Waals surface area contributed by atoms with Gasteiger partial charge < -0.3 is 10.2 Å². The SMILES string of the molecule is CC[C@H](C)NC(=O)[C@@H](Cc1ccccc1)N(Cc1ccccc1)C(=O)CN(c1ccc(Cl)cc1C)S(C)(=O)=O. The molecule has 2 atom stereocenters. The number of nitrogens with one attached hydrogen (secondary N) is 1. The lowest BCUT2D eigenvalue weighted by molar-refractivity contribution is -0.140. The van der Waals surface area contributed by atoms with Gasteiger partial charge >= 0.3 is 0 Å². The van der Waals surface area contributed by atoms with Crippen molar-refractivity contribution in [2.75, 3.05) is 17.1 Å². The molecule has 39 heavy (non-hydrogen) atoms. The minimum atomic E-state index is -3.84. The van der Waals surface area contributed by atoms with E-state index in [1.54, 1.807) is 25.1 Å². The second-order valence-corrected chi connectivity index (χ2v) is 12.1. The largest absolute Gasteiger partial charge is 0.352 e. The molecule has 0 saturated carbocycles. The zero-order valence-corrected chi connectivity index (χ0v) is 24.4. The molecule has 0 fully saturated rings. The molecular weight excluding hydrogens is 534 g/mol. The van der Waals surface area contributed by atoms with Crippen LogP contribution in [0.1, 0.15) is 37.0 Å². The number of hydrogen-bond acceptors (Lipinski definition) is 4. The molecule has 3 rings (SSSR count). The quantitative estimate of drug-likeness (QED) is 0.334. The number of anilines is 1. The number of hydrogen-bond donors (Lipinski definition) is 1. The number of carbonyl (C=O) groups excluding carboxylic acids is 2. The summed E-state index contributed by atoms with van der Waals surface area (Å²) in [5, 5.41) is 3.49. The van der Waals surface area contributed by atoms with Crippen molar-refractivity contribution in [2.24, 2.45) is 0 Å². The fraction of sp³-hybridized carbons (Fsp3) is 0.333. The molecule has 0 spiro atoms. The maximum absolute atomic E-state index is 14.1. The zero-order valence-electron chi connectivity index (χ0n) is 22.8. The lowest BCUT2D eigenvalue weighted by Crippen LogP contribution is -2.54. The summed E-state index contributed by atoms with van der Waals surface area (Å²) in [6, 6.07) is 22.7. The summed E-state index contributed by atoms with van der Waals surface area (Å²) in [7, 11) is -3.84. The third-order valence-electron chi connectivity index (χ3n) is 6.57. The Morgan fingerprint density at radius 2 is 1.54 bits per heavy atom. The topological polar surface area (TPSA) is 86.8 Å². The molecule has 2 amide bonds. The second-order valence-electron chi connectivity index (χ2n) is 9.73. The average Bonchev–Trinajstić information content (AvgIpc) is 2.90. The van der Waals surface area contributed by atoms with E-state index in [-0.39, 0.29) is 24.9 Å². The van der Waals surface area contributed by atoms with E-state index in [0.29, 0.717) is 16.3 Å². The van der Waals surface area contributed by atoms with Crippen molar-refractivity contribution in [2.45, 2.75) is 52.2 Å². The highest BCUT2D eigenvalue weighted by Crippen LogP contribution is 2.26. The van der Waals surface area contributed by atoms with E-state index in [0.717, 1.165) is 28.1 Å². The number of carbonyl (C=O) groups is 2. The molecule has 0 saturated heterocycles. The van der Waals surface area contributed by atoms with Crippen molar-refractivity contribution in [3.8, 4) is 0 Å². The highest BCUT2D eigenvalue weighted by molar-refractivity contribution is 7.92. The van der Waals surface area contributed by atoms with Crippen LogP contribution < -0.4 is 9.62 Å². The number of rotatable bonds is 12. The van der Waals surface area contributed by atoms with E-state index < -0.39 is 28.5 Å². The van der Waals surface area contributed by atoms with Crippen LogP contribution in [0.5, 0.6) is 0 Å². The van der Waals surface area contributed by atoms with Crippen molar-refractivity contribution in [3.63, 3.8) is 0 Å². The molecule has 0 unspecified atom stereocenters. The minimum absolute atomic E-state index is 0.0892. The van der Waals surface area contributed by atoms with Crippen molar-refractivity contribution in [1.29, 1.82) is 0 Å². The van der Waals surface area contributed by atoms with Gasteiger partial charge in [0.1, 0.15) is 12.6 Å². The van der Waals surface area contributed by atoms with Gasteiger partial charge in [-0.15, -0.1) is 0 Å². The van der Waals surface area contributed by atoms with E-state index in [2.05, 4.69) is 5.32 Å². The molecule has 3 aromatic rings. The smallest absolute Gasteiger partial charge is 0.244 e. The third kappa shape index (κ3) is 8.57. The molecule has 0 aromatic heterocycles. The van der Waals surface area contributed by atoms with Crippen LogP contribution in [0.2, 0.25) is 5.02 Å². The van der Waals surface area contributed by atoms with Crippen LogP contribution in [0.4, 0.5) is 5.69 Å². The molecule has 0 bridgehead atoms. The van der Waals surface area contributed by atoms with Gasteiger partial charge in [0.2, 0.25) is 21.8 Å². The first-order chi connectivity index (χ1) is 18.5. The fourth-order valence-electron chi connectivity index (χ4n) is 4.27. The van der Waals surface area contributed by atoms with Crippen molar-refractivity contribution < 1.29 is 18.0 Å². The average molecular weight is 570 g/mol. The number of nitrogens with zero attached hydrogens (tertiary/aromatic N) is 2. The Bertz CT molecular complexity index is 1370. The van der Waals surface area contributed by atoms with Crippen LogP contribution in [-0.4, -0.2) is 50.0 Å². The molecule has 0 radical (unpaired) electrons. The first-order valence-electron chi connectivity index (χ1n) is 12.9. The molecule has 0 aliphatic rings. The standard InChI is InChI=1S/C30H36ClN3O4S/c1-5-23(3)32-30(36)28(19-24-12-8-6-9-13-24)33(20-25-14-10-7-11-15-25)29(35)21-34(39(4,37)38)27-17-16-26(31)18-22(27)2/h6-18,23,28H,5,19-21H2,1-4H3,(H,32,36)/t23-,28+/m0/s1. The van der Waals surface area contributed by atoms with Gasteiger partial charge in [-0.1, -0.05) is 79.2 Å². The summed E-state index contributed by atoms with van der Waals surface area (Å²) in [5.41, 5.74) is 2.69. The Labute approximate surface area is 236 Å². The predicted octanol–water partition coefficient (Wildman–Crippen LogP) is 4.97. The molecule has 0 aliphatic heterocycles. The van der Waals surface area contributed by atoms with Gasteiger partial charge in [-0.25, -0.2) is 8.42 Å². The fourth-order valence-corrected chi connectivity index (χ4v) is 5.40. The summed E-state index contributed by atoms with van der Waals surface area (Å²) < 4.78 is 26.9. The molecular formula is C30H36ClN3O4S. The first-order valence-corrected chi connectivity index (χ1v) is 15.1. The van der Waals surface area contributed by atoms with E-state index in [9.17, 15) is 18.0 Å². The van der Waals surface area contributed by atoms with Gasteiger partial charge in [-0.2, -0.15) is 0 Å². The third-order valence-corrected chi connectivity index (χ3v) is 7.94. The Balaban J connectivity index is 2.06. The summed E-state index contributed by atoms with van der Waals surface area (Å²) in [5.74, 6) is -0.773. The normalized spacial score (nSPS) is 12.8. The highest BCUT2D eigenvalue weighted by Gasteiger charge is 2.33. The van der Waals surface area contributed by atoms with Crippen molar-refractivity contribution >= 4 is 39.1 Å². The second kappa shape index (κ2) is 13.6. The minimum Gasteiger partial charge on any atom is -0.352 e. The van der Waals surface area contributed by atoms with E-state index in [4.69, 9.17) is 11.6 Å². The molecule has 208 valence electrons. The summed E-state index contributed by atoms with van der Waals surface area (Å²) in [4.78, 5) is 29.2. The van der Waals surface area contributed by atoms with Crippen LogP contribution in [0.15, 0.2) is 78.9 Å². The Kier molecular flexibility index (Phi) is 10.5. The van der Waals surface area contributed by atoms with E-state index in [1.807, 2.05) is 74.5 Å². The summed E-state index contributed by atoms with van der Waals surface area (Å²) in [6.07, 6.45) is 2.07. The number of sulfonamides is 1. The Morgan fingerprint density at radius 3 is 2.08 bits per heavy atom. The summed E-state index contributed by atoms with van der Waals surface area (Å²) >= 11 is 6.10. The van der Waals surface area contributed by atoms with Crippen molar-refractivity contribution in [1.82, 2.24) is 10.2 Å². The van der Waals surface area contributed by atoms with Crippen molar-refractivity contribution in [3.05, 3.63) is 101 Å². The van der Waals surface area contributed by atoms with Crippen LogP contribution in [0.25, 0.3) is 0 Å². The molecule has 1 N–H and O–H groups in total. The first kappa shape index (κ1) is 30.2. The van der Waals surface area contributed by atoms with Crippen LogP contribution in [0, 0.1) is 6.92 Å². The Hall–Kier alpha value is -3.36. The maximum atomic E-state index is 14.1. The number of amides is 2. The van der Waals surface area contributed by atoms with Gasteiger partial charge in [0, 0.05) is 24.0 Å². The molecule has 0 aliphatic carbocycles. The maximum Gasteiger partial charge on any atom is 0.244 e. The lowest BCUT2D eigenvalue weighted by Gasteiger charge is -2.34. The Morgan fingerprint density at radius 1 is 0.949 bits per heavy atom. The van der Waals surface area contributed by atoms with Gasteiger partial charge in [-0.3, -0.25) is 13.9 Å². The molecule has 3 aromatic carbocycles. The summed E-state index contributed by atoms with van der Waals surface area (Å²) in [6.45, 7) is 5.31. The van der Waals surface area contributed by atoms with E-state index in [1.165, 1.54) is 4.90 Å². The molecule has 7 nitrogen and oxygen atoms in total. The number of halogens is 1. The molecule has 9 heteroatoms.